The molecule has 3 aliphatic carbocycles. The lowest BCUT2D eigenvalue weighted by atomic mass is 9.61. The van der Waals surface area contributed by atoms with Crippen LogP contribution < -0.4 is 0 Å². The van der Waals surface area contributed by atoms with Crippen LogP contribution in [0.25, 0.3) is 0 Å². The van der Waals surface area contributed by atoms with E-state index in [4.69, 9.17) is 0 Å². The molecule has 6 atom stereocenters. The molecule has 0 bridgehead atoms. The minimum absolute atomic E-state index is 0.126. The highest BCUT2D eigenvalue weighted by Crippen LogP contribution is 2.59. The van der Waals surface area contributed by atoms with Gasteiger partial charge in [-0.2, -0.15) is 0 Å². The monoisotopic (exact) mass is 348 g/mol. The van der Waals surface area contributed by atoms with Crippen LogP contribution in [-0.4, -0.2) is 44.3 Å². The van der Waals surface area contributed by atoms with E-state index in [0.717, 1.165) is 24.8 Å². The highest BCUT2D eigenvalue weighted by Gasteiger charge is 2.60. The first-order valence-electron chi connectivity index (χ1n) is 9.52. The lowest BCUT2D eigenvalue weighted by Crippen LogP contribution is -2.54. The third kappa shape index (κ3) is 3.14. The van der Waals surface area contributed by atoms with Gasteiger partial charge >= 0.3 is 0 Å². The number of fused-ring (bicyclic) bond motifs is 1. The summed E-state index contributed by atoms with van der Waals surface area (Å²) < 4.78 is 0. The topological polar surface area (TPSA) is 80.9 Å². The summed E-state index contributed by atoms with van der Waals surface area (Å²) >= 11 is 0. The molecule has 0 aliphatic heterocycles. The quantitative estimate of drug-likeness (QED) is 0.632. The summed E-state index contributed by atoms with van der Waals surface area (Å²) in [5, 5.41) is 41.6. The first-order chi connectivity index (χ1) is 11.7. The summed E-state index contributed by atoms with van der Waals surface area (Å²) in [6, 6.07) is 0. The number of aliphatic hydroxyl groups excluding tert-OH is 3. The predicted octanol–water partition coefficient (Wildman–Crippen LogP) is 2.62. The fourth-order valence-electron chi connectivity index (χ4n) is 5.29. The maximum atomic E-state index is 11.1. The Morgan fingerprint density at radius 2 is 1.96 bits per heavy atom. The Hall–Kier alpha value is -0.940. The first kappa shape index (κ1) is 18.8. The van der Waals surface area contributed by atoms with Gasteiger partial charge in [-0.1, -0.05) is 30.7 Å². The molecule has 0 aromatic carbocycles. The summed E-state index contributed by atoms with van der Waals surface area (Å²) in [6.45, 7) is 5.75. The molecule has 0 radical (unpaired) electrons. The third-order valence-corrected chi connectivity index (χ3v) is 7.02. The van der Waals surface area contributed by atoms with Crippen LogP contribution in [0.4, 0.5) is 0 Å². The number of rotatable bonds is 3. The molecule has 140 valence electrons. The number of aliphatic hydroxyl groups is 4. The van der Waals surface area contributed by atoms with Gasteiger partial charge in [-0.3, -0.25) is 0 Å². The Labute approximate surface area is 150 Å². The van der Waals surface area contributed by atoms with Gasteiger partial charge in [0, 0.05) is 5.41 Å². The van der Waals surface area contributed by atoms with E-state index in [-0.39, 0.29) is 12.0 Å². The normalized spacial score (nSPS) is 43.3. The van der Waals surface area contributed by atoms with Crippen molar-refractivity contribution in [2.24, 2.45) is 11.3 Å². The van der Waals surface area contributed by atoms with Crippen LogP contribution in [0, 0.1) is 11.3 Å². The van der Waals surface area contributed by atoms with Crippen molar-refractivity contribution in [2.75, 3.05) is 0 Å². The van der Waals surface area contributed by atoms with Gasteiger partial charge in [0.25, 0.3) is 0 Å². The van der Waals surface area contributed by atoms with Gasteiger partial charge in [-0.05, 0) is 69.4 Å². The van der Waals surface area contributed by atoms with Crippen LogP contribution in [0.15, 0.2) is 34.9 Å². The summed E-state index contributed by atoms with van der Waals surface area (Å²) in [4.78, 5) is 0. The van der Waals surface area contributed by atoms with Crippen molar-refractivity contribution in [3.05, 3.63) is 34.9 Å². The zero-order chi connectivity index (χ0) is 18.4. The van der Waals surface area contributed by atoms with Crippen molar-refractivity contribution in [1.82, 2.24) is 0 Å². The van der Waals surface area contributed by atoms with Crippen molar-refractivity contribution in [3.63, 3.8) is 0 Å². The Balaban J connectivity index is 1.89. The summed E-state index contributed by atoms with van der Waals surface area (Å²) in [6.07, 6.45) is 8.56. The van der Waals surface area contributed by atoms with E-state index >= 15 is 0 Å². The second-order valence-electron chi connectivity index (χ2n) is 8.58. The van der Waals surface area contributed by atoms with Crippen LogP contribution in [0.2, 0.25) is 0 Å². The van der Waals surface area contributed by atoms with E-state index < -0.39 is 23.2 Å². The van der Waals surface area contributed by atoms with E-state index in [0.29, 0.717) is 19.3 Å². The predicted molar refractivity (Wildman–Crippen MR) is 97.9 cm³/mol. The van der Waals surface area contributed by atoms with Crippen molar-refractivity contribution in [2.45, 2.75) is 83.2 Å². The fourth-order valence-corrected chi connectivity index (χ4v) is 5.29. The highest BCUT2D eigenvalue weighted by molar-refractivity contribution is 5.38. The molecule has 4 N–H and O–H groups in total. The molecule has 4 nitrogen and oxygen atoms in total. The minimum atomic E-state index is -1.16. The van der Waals surface area contributed by atoms with Crippen LogP contribution in [-0.2, 0) is 0 Å². The van der Waals surface area contributed by atoms with Crippen molar-refractivity contribution in [3.8, 4) is 0 Å². The molecule has 0 amide bonds. The molecule has 25 heavy (non-hydrogen) atoms. The highest BCUT2D eigenvalue weighted by atomic mass is 16.3. The Morgan fingerprint density at radius 3 is 2.64 bits per heavy atom. The second-order valence-corrected chi connectivity index (χ2v) is 8.58. The van der Waals surface area contributed by atoms with Crippen LogP contribution >= 0.6 is 0 Å². The molecule has 0 aromatic heterocycles. The first-order valence-corrected chi connectivity index (χ1v) is 9.52. The van der Waals surface area contributed by atoms with Crippen LogP contribution in [0.1, 0.15) is 59.3 Å². The van der Waals surface area contributed by atoms with Gasteiger partial charge in [0.1, 0.15) is 0 Å². The van der Waals surface area contributed by atoms with Gasteiger partial charge in [0.2, 0.25) is 0 Å². The van der Waals surface area contributed by atoms with Gasteiger partial charge in [-0.15, -0.1) is 0 Å². The molecule has 0 heterocycles. The number of hydrogen-bond acceptors (Lipinski definition) is 4. The zero-order valence-electron chi connectivity index (χ0n) is 15.6. The molecule has 0 saturated heterocycles. The Bertz CT molecular complexity index is 617. The maximum Gasteiger partial charge on any atom is 0.0962 e. The Morgan fingerprint density at radius 1 is 1.24 bits per heavy atom. The van der Waals surface area contributed by atoms with E-state index in [1.807, 2.05) is 13.0 Å². The number of allylic oxidation sites excluding steroid dienone is 4. The van der Waals surface area contributed by atoms with Crippen molar-refractivity contribution < 1.29 is 20.4 Å². The van der Waals surface area contributed by atoms with Gasteiger partial charge in [0.05, 0.1) is 23.9 Å². The largest absolute Gasteiger partial charge is 0.393 e. The molecular formula is C21H32O4. The molecule has 1 fully saturated rings. The minimum Gasteiger partial charge on any atom is -0.393 e. The van der Waals surface area contributed by atoms with Gasteiger partial charge in [0.15, 0.2) is 0 Å². The molecule has 1 saturated carbocycles. The standard InChI is InChI=1S/C21H32O4/c1-13-4-7-17(23)10-15(13)5-6-16-11-18(24)12-20(3)19(16)8-9-21(20,25)14(2)22/h5-6,11,14,17-19,22-25H,4,7-10,12H2,1-3H3/b6-5+/t14-,17-,18+,19-,20-,21-/m0/s1. The average molecular weight is 348 g/mol. The molecule has 0 unspecified atom stereocenters. The molecule has 4 heteroatoms. The zero-order valence-corrected chi connectivity index (χ0v) is 15.6. The van der Waals surface area contributed by atoms with E-state index in [1.54, 1.807) is 6.92 Å². The van der Waals surface area contributed by atoms with E-state index in [2.05, 4.69) is 19.1 Å². The number of hydrogen-bond donors (Lipinski definition) is 4. The third-order valence-electron chi connectivity index (χ3n) is 7.02. The van der Waals surface area contributed by atoms with Crippen LogP contribution in [0.3, 0.4) is 0 Å². The fraction of sp³-hybridized carbons (Fsp3) is 0.714. The van der Waals surface area contributed by atoms with E-state index in [1.165, 1.54) is 11.1 Å². The van der Waals surface area contributed by atoms with Crippen molar-refractivity contribution >= 4 is 0 Å². The summed E-state index contributed by atoms with van der Waals surface area (Å²) in [5.74, 6) is 0.126. The molecule has 0 spiro atoms. The summed E-state index contributed by atoms with van der Waals surface area (Å²) in [7, 11) is 0. The smallest absolute Gasteiger partial charge is 0.0962 e. The average Bonchev–Trinajstić information content (AvgIpc) is 2.80. The van der Waals surface area contributed by atoms with Crippen LogP contribution in [0.5, 0.6) is 0 Å². The molecule has 0 aromatic rings. The molecule has 3 aliphatic rings. The molecular weight excluding hydrogens is 316 g/mol. The lowest BCUT2D eigenvalue weighted by molar-refractivity contribution is -0.148. The molecule has 3 rings (SSSR count). The maximum absolute atomic E-state index is 11.1. The Kier molecular flexibility index (Phi) is 5.02. The second kappa shape index (κ2) is 6.66. The summed E-state index contributed by atoms with van der Waals surface area (Å²) in [5.41, 5.74) is 1.82. The lowest BCUT2D eigenvalue weighted by Gasteiger charge is -2.48. The van der Waals surface area contributed by atoms with E-state index in [9.17, 15) is 20.4 Å². The van der Waals surface area contributed by atoms with Gasteiger partial charge < -0.3 is 20.4 Å². The van der Waals surface area contributed by atoms with Crippen molar-refractivity contribution in [1.29, 1.82) is 0 Å². The SMILES string of the molecule is CC1=C(/C=C/C2=C[C@@H](O)C[C@@]3(C)[C@H]2CC[C@]3(O)[C@H](C)O)C[C@@H](O)CC1. The van der Waals surface area contributed by atoms with Gasteiger partial charge in [-0.25, -0.2) is 0 Å².